The molecule has 0 spiro atoms. The molecule has 0 radical (unpaired) electrons. The Labute approximate surface area is 187 Å². The van der Waals surface area contributed by atoms with Gasteiger partial charge in [-0.2, -0.15) is 0 Å². The van der Waals surface area contributed by atoms with Gasteiger partial charge in [0.05, 0.1) is 15.8 Å². The van der Waals surface area contributed by atoms with E-state index in [4.69, 9.17) is 0 Å². The molecular formula is C22H26N4O3S2. The molecule has 2 aromatic carbocycles. The summed E-state index contributed by atoms with van der Waals surface area (Å²) in [4.78, 5) is 17.3. The number of sulfonamides is 1. The van der Waals surface area contributed by atoms with Crippen LogP contribution in [0.25, 0.3) is 5.69 Å². The maximum absolute atomic E-state index is 12.8. The van der Waals surface area contributed by atoms with Crippen LogP contribution in [0, 0.1) is 13.8 Å². The Hall–Kier alpha value is -2.62. The van der Waals surface area contributed by atoms with Crippen molar-refractivity contribution in [3.63, 3.8) is 0 Å². The van der Waals surface area contributed by atoms with E-state index in [9.17, 15) is 13.2 Å². The molecule has 3 rings (SSSR count). The first-order valence-corrected chi connectivity index (χ1v) is 12.0. The second-order valence-electron chi connectivity index (χ2n) is 7.43. The van der Waals surface area contributed by atoms with Crippen molar-refractivity contribution in [1.29, 1.82) is 0 Å². The fraction of sp³-hybridized carbons (Fsp3) is 0.273. The van der Waals surface area contributed by atoms with Gasteiger partial charge in [0.2, 0.25) is 15.9 Å². The molecule has 0 aliphatic heterocycles. The lowest BCUT2D eigenvalue weighted by Crippen LogP contribution is -2.24. The highest BCUT2D eigenvalue weighted by Crippen LogP contribution is 2.27. The fourth-order valence-electron chi connectivity index (χ4n) is 2.94. The molecule has 164 valence electrons. The van der Waals surface area contributed by atoms with Crippen LogP contribution in [0.2, 0.25) is 0 Å². The van der Waals surface area contributed by atoms with Crippen LogP contribution in [-0.2, 0) is 14.8 Å². The number of hydrogen-bond acceptors (Lipinski definition) is 5. The van der Waals surface area contributed by atoms with Crippen molar-refractivity contribution in [3.05, 3.63) is 66.0 Å². The number of hydrogen-bond donors (Lipinski definition) is 1. The average molecular weight is 459 g/mol. The van der Waals surface area contributed by atoms with Crippen LogP contribution in [0.5, 0.6) is 0 Å². The largest absolute Gasteiger partial charge is 0.325 e. The summed E-state index contributed by atoms with van der Waals surface area (Å²) in [6.07, 6.45) is 3.59. The zero-order valence-corrected chi connectivity index (χ0v) is 19.8. The van der Waals surface area contributed by atoms with E-state index < -0.39 is 15.3 Å². The summed E-state index contributed by atoms with van der Waals surface area (Å²) in [7, 11) is -0.638. The van der Waals surface area contributed by atoms with Gasteiger partial charge in [-0.15, -0.1) is 0 Å². The second-order valence-corrected chi connectivity index (χ2v) is 10.9. The van der Waals surface area contributed by atoms with E-state index in [-0.39, 0.29) is 10.8 Å². The zero-order valence-electron chi connectivity index (χ0n) is 18.2. The number of carbonyl (C=O) groups excluding carboxylic acids is 1. The molecule has 1 aromatic heterocycles. The van der Waals surface area contributed by atoms with Crippen molar-refractivity contribution < 1.29 is 13.2 Å². The van der Waals surface area contributed by atoms with Gasteiger partial charge in [0.25, 0.3) is 0 Å². The van der Waals surface area contributed by atoms with Crippen LogP contribution < -0.4 is 5.32 Å². The summed E-state index contributed by atoms with van der Waals surface area (Å²) in [5.41, 5.74) is 3.71. The van der Waals surface area contributed by atoms with Crippen LogP contribution in [-0.4, -0.2) is 47.5 Å². The Morgan fingerprint density at radius 3 is 2.61 bits per heavy atom. The summed E-state index contributed by atoms with van der Waals surface area (Å²) in [6, 6.07) is 12.4. The number of benzene rings is 2. The number of anilines is 1. The Morgan fingerprint density at radius 2 is 1.90 bits per heavy atom. The van der Waals surface area contributed by atoms with E-state index in [1.54, 1.807) is 25.3 Å². The first-order chi connectivity index (χ1) is 14.6. The van der Waals surface area contributed by atoms with Gasteiger partial charge >= 0.3 is 0 Å². The second kappa shape index (κ2) is 9.25. The van der Waals surface area contributed by atoms with E-state index in [1.165, 1.54) is 38.0 Å². The fourth-order valence-corrected chi connectivity index (χ4v) is 4.76. The summed E-state index contributed by atoms with van der Waals surface area (Å²) < 4.78 is 27.8. The molecule has 7 nitrogen and oxygen atoms in total. The molecule has 1 amide bonds. The van der Waals surface area contributed by atoms with E-state index in [0.29, 0.717) is 10.8 Å². The monoisotopic (exact) mass is 458 g/mol. The lowest BCUT2D eigenvalue weighted by atomic mass is 10.1. The molecule has 3 aromatic rings. The van der Waals surface area contributed by atoms with Crippen LogP contribution in [0.1, 0.15) is 18.1 Å². The quantitative estimate of drug-likeness (QED) is 0.544. The molecule has 0 bridgehead atoms. The van der Waals surface area contributed by atoms with Crippen LogP contribution in [0.15, 0.2) is 64.9 Å². The molecular weight excluding hydrogens is 432 g/mol. The highest BCUT2D eigenvalue weighted by Gasteiger charge is 2.21. The van der Waals surface area contributed by atoms with Crippen LogP contribution in [0.3, 0.4) is 0 Å². The Bertz CT molecular complexity index is 1200. The van der Waals surface area contributed by atoms with Gasteiger partial charge < -0.3 is 5.32 Å². The first-order valence-electron chi connectivity index (χ1n) is 9.70. The molecule has 0 aliphatic rings. The van der Waals surface area contributed by atoms with Gasteiger partial charge in [-0.25, -0.2) is 17.7 Å². The number of imidazole rings is 1. The SMILES string of the molecule is Cc1ccc(C)c(-n2ccnc2S[C@H](C)C(=O)Nc2cccc(S(=O)(=O)N(C)C)c2)c1. The molecule has 1 N–H and O–H groups in total. The van der Waals surface area contributed by atoms with Crippen molar-refractivity contribution in [2.24, 2.45) is 0 Å². The number of rotatable bonds is 7. The van der Waals surface area contributed by atoms with Crippen LogP contribution in [0.4, 0.5) is 5.69 Å². The topological polar surface area (TPSA) is 84.3 Å². The summed E-state index contributed by atoms with van der Waals surface area (Å²) in [5.74, 6) is -0.236. The third-order valence-corrected chi connectivity index (χ3v) is 7.65. The van der Waals surface area contributed by atoms with Crippen molar-refractivity contribution >= 4 is 33.4 Å². The highest BCUT2D eigenvalue weighted by molar-refractivity contribution is 8.00. The standard InChI is InChI=1S/C22H26N4O3S2/c1-15-9-10-16(2)20(13-15)26-12-11-23-22(26)30-17(3)21(27)24-18-7-6-8-19(14-18)31(28,29)25(4)5/h6-14,17H,1-5H3,(H,24,27)/t17-/m1/s1. The predicted molar refractivity (Wildman–Crippen MR) is 124 cm³/mol. The van der Waals surface area contributed by atoms with Crippen molar-refractivity contribution in [3.8, 4) is 5.69 Å². The molecule has 9 heteroatoms. The number of aryl methyl sites for hydroxylation is 2. The van der Waals surface area contributed by atoms with Gasteiger partial charge in [0, 0.05) is 32.2 Å². The molecule has 0 saturated carbocycles. The lowest BCUT2D eigenvalue weighted by molar-refractivity contribution is -0.115. The number of aromatic nitrogens is 2. The Morgan fingerprint density at radius 1 is 1.16 bits per heavy atom. The normalized spacial score (nSPS) is 12.7. The van der Waals surface area contributed by atoms with E-state index >= 15 is 0 Å². The highest BCUT2D eigenvalue weighted by atomic mass is 32.2. The maximum atomic E-state index is 12.8. The Balaban J connectivity index is 1.76. The summed E-state index contributed by atoms with van der Waals surface area (Å²) in [6.45, 7) is 5.87. The van der Waals surface area contributed by atoms with Crippen molar-refractivity contribution in [2.75, 3.05) is 19.4 Å². The third-order valence-electron chi connectivity index (χ3n) is 4.76. The number of carbonyl (C=O) groups is 1. The zero-order chi connectivity index (χ0) is 22.8. The van der Waals surface area contributed by atoms with Gasteiger partial charge in [-0.3, -0.25) is 9.36 Å². The molecule has 0 unspecified atom stereocenters. The number of nitrogens with one attached hydrogen (secondary N) is 1. The summed E-state index contributed by atoms with van der Waals surface area (Å²) >= 11 is 1.34. The van der Waals surface area contributed by atoms with Crippen molar-refractivity contribution in [1.82, 2.24) is 13.9 Å². The minimum Gasteiger partial charge on any atom is -0.325 e. The smallest absolute Gasteiger partial charge is 0.242 e. The number of amides is 1. The first kappa shape index (κ1) is 23.1. The van der Waals surface area contributed by atoms with Crippen LogP contribution >= 0.6 is 11.8 Å². The van der Waals surface area contributed by atoms with E-state index in [0.717, 1.165) is 21.1 Å². The van der Waals surface area contributed by atoms with Gasteiger partial charge in [-0.05, 0) is 56.2 Å². The molecule has 0 saturated heterocycles. The molecule has 1 atom stereocenters. The summed E-state index contributed by atoms with van der Waals surface area (Å²) in [5, 5.41) is 3.07. The average Bonchev–Trinajstić information content (AvgIpc) is 3.17. The number of thioether (sulfide) groups is 1. The third kappa shape index (κ3) is 5.17. The van der Waals surface area contributed by atoms with E-state index in [2.05, 4.69) is 28.5 Å². The maximum Gasteiger partial charge on any atom is 0.242 e. The van der Waals surface area contributed by atoms with Crippen molar-refractivity contribution in [2.45, 2.75) is 36.1 Å². The van der Waals surface area contributed by atoms with E-state index in [1.807, 2.05) is 24.6 Å². The predicted octanol–water partition coefficient (Wildman–Crippen LogP) is 3.86. The number of nitrogens with zero attached hydrogens (tertiary/aromatic N) is 3. The van der Waals surface area contributed by atoms with Gasteiger partial charge in [0.1, 0.15) is 0 Å². The lowest BCUT2D eigenvalue weighted by Gasteiger charge is -2.16. The van der Waals surface area contributed by atoms with Gasteiger partial charge in [0.15, 0.2) is 5.16 Å². The molecule has 1 heterocycles. The minimum absolute atomic E-state index is 0.126. The molecule has 0 fully saturated rings. The molecule has 31 heavy (non-hydrogen) atoms. The molecule has 0 aliphatic carbocycles. The Kier molecular flexibility index (Phi) is 6.88. The van der Waals surface area contributed by atoms with Gasteiger partial charge in [-0.1, -0.05) is 30.0 Å². The minimum atomic E-state index is -3.58.